The third-order valence-corrected chi connectivity index (χ3v) is 5.90. The van der Waals surface area contributed by atoms with Crippen molar-refractivity contribution in [3.63, 3.8) is 0 Å². The monoisotopic (exact) mass is 365 g/mol. The lowest BCUT2D eigenvalue weighted by atomic mass is 10.1. The number of amides is 2. The van der Waals surface area contributed by atoms with Crippen LogP contribution in [0.4, 0.5) is 5.69 Å². The van der Waals surface area contributed by atoms with Gasteiger partial charge in [0.2, 0.25) is 0 Å². The number of nitrogens with zero attached hydrogens (tertiary/aromatic N) is 2. The summed E-state index contributed by atoms with van der Waals surface area (Å²) in [6.45, 7) is 2.35. The number of pyridine rings is 1. The molecule has 0 spiro atoms. The second-order valence-electron chi connectivity index (χ2n) is 6.46. The quantitative estimate of drug-likeness (QED) is 0.704. The Hall–Kier alpha value is -2.77. The molecule has 1 aromatic carbocycles. The maximum atomic E-state index is 13.1. The van der Waals surface area contributed by atoms with Crippen LogP contribution in [0, 0.1) is 6.92 Å². The minimum atomic E-state index is -0.479. The van der Waals surface area contributed by atoms with Gasteiger partial charge in [-0.1, -0.05) is 18.2 Å². The highest BCUT2D eigenvalue weighted by Crippen LogP contribution is 2.47. The first-order chi connectivity index (χ1) is 12.6. The van der Waals surface area contributed by atoms with E-state index < -0.39 is 6.17 Å². The molecule has 4 heterocycles. The van der Waals surface area contributed by atoms with E-state index in [1.165, 1.54) is 16.2 Å². The van der Waals surface area contributed by atoms with E-state index in [-0.39, 0.29) is 11.8 Å². The van der Waals surface area contributed by atoms with Gasteiger partial charge in [-0.2, -0.15) is 0 Å². The summed E-state index contributed by atoms with van der Waals surface area (Å²) in [6.07, 6.45) is -0.479. The molecular formula is C19H15N3O3S. The van der Waals surface area contributed by atoms with Crippen LogP contribution in [-0.2, 0) is 11.3 Å². The van der Waals surface area contributed by atoms with Crippen LogP contribution < -0.4 is 5.32 Å². The van der Waals surface area contributed by atoms with Crippen LogP contribution in [0.1, 0.15) is 43.0 Å². The van der Waals surface area contributed by atoms with E-state index in [1.807, 2.05) is 31.2 Å². The lowest BCUT2D eigenvalue weighted by Gasteiger charge is -2.30. The number of hydrogen-bond donors (Lipinski definition) is 1. The number of benzene rings is 1. The number of aromatic nitrogens is 1. The van der Waals surface area contributed by atoms with Crippen LogP contribution in [-0.4, -0.2) is 28.8 Å². The first-order valence-corrected chi connectivity index (χ1v) is 9.07. The van der Waals surface area contributed by atoms with Gasteiger partial charge >= 0.3 is 0 Å². The summed E-state index contributed by atoms with van der Waals surface area (Å²) in [5.74, 6) is -0.526. The lowest BCUT2D eigenvalue weighted by molar-refractivity contribution is 0.0589. The molecule has 0 bridgehead atoms. The number of hydrogen-bond acceptors (Lipinski definition) is 6. The second kappa shape index (κ2) is 5.36. The van der Waals surface area contributed by atoms with Crippen molar-refractivity contribution >= 4 is 39.1 Å². The number of carbonyl (C=O) groups is 2. The molecule has 1 N–H and O–H groups in total. The van der Waals surface area contributed by atoms with Gasteiger partial charge in [-0.15, -0.1) is 11.3 Å². The Morgan fingerprint density at radius 3 is 2.88 bits per heavy atom. The van der Waals surface area contributed by atoms with Gasteiger partial charge < -0.3 is 10.1 Å². The summed E-state index contributed by atoms with van der Waals surface area (Å²) >= 11 is 1.32. The Morgan fingerprint density at radius 1 is 1.27 bits per heavy atom. The molecule has 0 saturated heterocycles. The standard InChI is InChI=1S/C19H15N3O3S/c1-9-7-10(8-25-2)13-14-15(26-17(13)20-9)19(24)22-16(21-14)11-5-3-4-6-12(11)18(22)23/h3-7,16,21H,8H2,1-2H3. The average Bonchev–Trinajstić information content (AvgIpc) is 3.13. The molecule has 1 atom stereocenters. The summed E-state index contributed by atoms with van der Waals surface area (Å²) in [4.78, 5) is 33.0. The van der Waals surface area contributed by atoms with Crippen LogP contribution >= 0.6 is 11.3 Å². The van der Waals surface area contributed by atoms with E-state index in [0.717, 1.165) is 32.7 Å². The van der Waals surface area contributed by atoms with E-state index in [9.17, 15) is 9.59 Å². The largest absolute Gasteiger partial charge is 0.380 e. The maximum Gasteiger partial charge on any atom is 0.275 e. The zero-order valence-electron chi connectivity index (χ0n) is 14.2. The van der Waals surface area contributed by atoms with E-state index in [4.69, 9.17) is 4.74 Å². The molecular weight excluding hydrogens is 350 g/mol. The third kappa shape index (κ3) is 1.92. The average molecular weight is 365 g/mol. The zero-order chi connectivity index (χ0) is 18.0. The number of carbonyl (C=O) groups excluding carboxylic acids is 2. The van der Waals surface area contributed by atoms with Crippen LogP contribution in [0.5, 0.6) is 0 Å². The smallest absolute Gasteiger partial charge is 0.275 e. The van der Waals surface area contributed by atoms with Crippen LogP contribution in [0.2, 0.25) is 0 Å². The molecule has 6 nitrogen and oxygen atoms in total. The summed E-state index contributed by atoms with van der Waals surface area (Å²) in [6, 6.07) is 9.32. The predicted octanol–water partition coefficient (Wildman–Crippen LogP) is 3.47. The molecule has 2 aliphatic rings. The normalized spacial score (nSPS) is 17.9. The van der Waals surface area contributed by atoms with E-state index in [2.05, 4.69) is 10.3 Å². The van der Waals surface area contributed by atoms with E-state index in [1.54, 1.807) is 13.2 Å². The van der Waals surface area contributed by atoms with Crippen molar-refractivity contribution in [2.24, 2.45) is 0 Å². The maximum absolute atomic E-state index is 13.1. The highest BCUT2D eigenvalue weighted by molar-refractivity contribution is 7.21. The van der Waals surface area contributed by atoms with Gasteiger partial charge in [0, 0.05) is 29.3 Å². The lowest BCUT2D eigenvalue weighted by Crippen LogP contribution is -2.41. The minimum Gasteiger partial charge on any atom is -0.380 e. The molecule has 0 aliphatic carbocycles. The van der Waals surface area contributed by atoms with Crippen LogP contribution in [0.3, 0.4) is 0 Å². The van der Waals surface area contributed by atoms with Gasteiger partial charge in [0.15, 0.2) is 0 Å². The zero-order valence-corrected chi connectivity index (χ0v) is 15.0. The van der Waals surface area contributed by atoms with Crippen molar-refractivity contribution in [3.05, 3.63) is 57.6 Å². The third-order valence-electron chi connectivity index (χ3n) is 4.83. The number of thiophene rings is 1. The van der Waals surface area contributed by atoms with E-state index in [0.29, 0.717) is 17.0 Å². The predicted molar refractivity (Wildman–Crippen MR) is 98.4 cm³/mol. The Bertz CT molecular complexity index is 1100. The number of anilines is 1. The summed E-state index contributed by atoms with van der Waals surface area (Å²) in [5, 5.41) is 4.32. The second-order valence-corrected chi connectivity index (χ2v) is 7.46. The number of nitrogens with one attached hydrogen (secondary N) is 1. The molecule has 0 radical (unpaired) electrons. The molecule has 3 aromatic rings. The van der Waals surface area contributed by atoms with E-state index >= 15 is 0 Å². The molecule has 2 aromatic heterocycles. The van der Waals surface area contributed by atoms with Gasteiger partial charge in [0.05, 0.1) is 12.3 Å². The fourth-order valence-electron chi connectivity index (χ4n) is 3.78. The Labute approximate surface area is 153 Å². The summed E-state index contributed by atoms with van der Waals surface area (Å²) < 4.78 is 5.34. The SMILES string of the molecule is COCc1cc(C)nc2sc3c(c12)NC1c2ccccc2C(=O)N1C3=O. The fraction of sp³-hybridized carbons (Fsp3) is 0.211. The van der Waals surface area contributed by atoms with Crippen molar-refractivity contribution in [3.8, 4) is 0 Å². The molecule has 130 valence electrons. The number of imide groups is 1. The Kier molecular flexibility index (Phi) is 3.19. The number of aryl methyl sites for hydroxylation is 1. The number of ether oxygens (including phenoxy) is 1. The van der Waals surface area contributed by atoms with Crippen molar-refractivity contribution in [2.75, 3.05) is 12.4 Å². The van der Waals surface area contributed by atoms with Gasteiger partial charge in [0.1, 0.15) is 15.9 Å². The number of methoxy groups -OCH3 is 1. The van der Waals surface area contributed by atoms with Crippen LogP contribution in [0.15, 0.2) is 30.3 Å². The van der Waals surface area contributed by atoms with Crippen molar-refractivity contribution in [1.82, 2.24) is 9.88 Å². The molecule has 7 heteroatoms. The number of fused-ring (bicyclic) bond motifs is 6. The van der Waals surface area contributed by atoms with Crippen molar-refractivity contribution in [1.29, 1.82) is 0 Å². The first-order valence-electron chi connectivity index (χ1n) is 8.25. The summed E-state index contributed by atoms with van der Waals surface area (Å²) in [7, 11) is 1.65. The van der Waals surface area contributed by atoms with Gasteiger partial charge in [-0.3, -0.25) is 9.59 Å². The van der Waals surface area contributed by atoms with Gasteiger partial charge in [0.25, 0.3) is 11.8 Å². The van der Waals surface area contributed by atoms with Gasteiger partial charge in [-0.05, 0) is 24.6 Å². The molecule has 0 fully saturated rings. The highest BCUT2D eigenvalue weighted by Gasteiger charge is 2.46. The van der Waals surface area contributed by atoms with Crippen LogP contribution in [0.25, 0.3) is 10.2 Å². The number of rotatable bonds is 2. The molecule has 0 saturated carbocycles. The first kappa shape index (κ1) is 15.5. The molecule has 5 rings (SSSR count). The fourth-order valence-corrected chi connectivity index (χ4v) is 4.95. The van der Waals surface area contributed by atoms with Gasteiger partial charge in [-0.25, -0.2) is 9.88 Å². The minimum absolute atomic E-state index is 0.257. The van der Waals surface area contributed by atoms with Crippen molar-refractivity contribution in [2.45, 2.75) is 19.7 Å². The molecule has 2 aliphatic heterocycles. The molecule has 1 unspecified atom stereocenters. The molecule has 2 amide bonds. The topological polar surface area (TPSA) is 71.5 Å². The Morgan fingerprint density at radius 2 is 2.08 bits per heavy atom. The Balaban J connectivity index is 1.75. The highest BCUT2D eigenvalue weighted by atomic mass is 32.1. The van der Waals surface area contributed by atoms with Crippen molar-refractivity contribution < 1.29 is 14.3 Å². The molecule has 26 heavy (non-hydrogen) atoms. The summed E-state index contributed by atoms with van der Waals surface area (Å²) in [5.41, 5.74) is 4.00.